The maximum atomic E-state index is 13.1. The lowest BCUT2D eigenvalue weighted by atomic mass is 9.94. The molecular formula is C25H26ClNO4. The molecule has 1 saturated carbocycles. The van der Waals surface area contributed by atoms with Gasteiger partial charge in [-0.2, -0.15) is 0 Å². The number of ether oxygens (including phenoxy) is 1. The minimum Gasteiger partial charge on any atom is -0.507 e. The summed E-state index contributed by atoms with van der Waals surface area (Å²) < 4.78 is 5.73. The molecule has 2 aromatic carbocycles. The van der Waals surface area contributed by atoms with E-state index in [4.69, 9.17) is 16.3 Å². The first kappa shape index (κ1) is 21.4. The summed E-state index contributed by atoms with van der Waals surface area (Å²) in [6.07, 6.45) is 3.73. The average Bonchev–Trinajstić information content (AvgIpc) is 3.35. The Balaban J connectivity index is 1.84. The van der Waals surface area contributed by atoms with Gasteiger partial charge in [0.2, 0.25) is 0 Å². The number of aliphatic hydroxyl groups excluding tert-OH is 1. The molecule has 6 heteroatoms. The largest absolute Gasteiger partial charge is 0.507 e. The second kappa shape index (κ2) is 8.75. The Morgan fingerprint density at radius 3 is 2.42 bits per heavy atom. The zero-order chi connectivity index (χ0) is 22.1. The van der Waals surface area contributed by atoms with Gasteiger partial charge in [0.25, 0.3) is 11.7 Å². The van der Waals surface area contributed by atoms with Crippen LogP contribution in [0.4, 0.5) is 0 Å². The van der Waals surface area contributed by atoms with Gasteiger partial charge >= 0.3 is 0 Å². The van der Waals surface area contributed by atoms with Crippen molar-refractivity contribution in [2.45, 2.75) is 57.7 Å². The molecule has 1 unspecified atom stereocenters. The summed E-state index contributed by atoms with van der Waals surface area (Å²) in [6.45, 7) is 3.83. The van der Waals surface area contributed by atoms with E-state index in [-0.39, 0.29) is 23.5 Å². The molecular weight excluding hydrogens is 414 g/mol. The molecule has 1 atom stereocenters. The van der Waals surface area contributed by atoms with Crippen molar-refractivity contribution in [2.24, 2.45) is 0 Å². The van der Waals surface area contributed by atoms with E-state index in [2.05, 4.69) is 0 Å². The van der Waals surface area contributed by atoms with E-state index in [1.54, 1.807) is 41.3 Å². The number of rotatable bonds is 5. The van der Waals surface area contributed by atoms with E-state index in [0.29, 0.717) is 16.3 Å². The van der Waals surface area contributed by atoms with Crippen LogP contribution in [0.1, 0.15) is 56.7 Å². The Labute approximate surface area is 187 Å². The van der Waals surface area contributed by atoms with Crippen LogP contribution >= 0.6 is 11.6 Å². The van der Waals surface area contributed by atoms with Gasteiger partial charge in [-0.25, -0.2) is 0 Å². The Morgan fingerprint density at radius 1 is 1.10 bits per heavy atom. The molecule has 2 aliphatic rings. The molecule has 2 aromatic rings. The van der Waals surface area contributed by atoms with Crippen molar-refractivity contribution < 1.29 is 19.4 Å². The minimum absolute atomic E-state index is 0.0157. The van der Waals surface area contributed by atoms with E-state index in [9.17, 15) is 14.7 Å². The zero-order valence-corrected chi connectivity index (χ0v) is 18.4. The van der Waals surface area contributed by atoms with Crippen LogP contribution in [-0.4, -0.2) is 33.8 Å². The van der Waals surface area contributed by atoms with Gasteiger partial charge in [-0.05, 0) is 56.5 Å². The van der Waals surface area contributed by atoms with Gasteiger partial charge in [0.15, 0.2) is 0 Å². The van der Waals surface area contributed by atoms with E-state index in [1.165, 1.54) is 0 Å². The normalized spacial score (nSPS) is 21.3. The number of ketones is 1. The molecule has 31 heavy (non-hydrogen) atoms. The molecule has 1 N–H and O–H groups in total. The van der Waals surface area contributed by atoms with Crippen LogP contribution in [0, 0.1) is 0 Å². The summed E-state index contributed by atoms with van der Waals surface area (Å²) in [4.78, 5) is 27.9. The molecule has 1 aliphatic carbocycles. The lowest BCUT2D eigenvalue weighted by Crippen LogP contribution is -2.37. The molecule has 4 rings (SSSR count). The van der Waals surface area contributed by atoms with E-state index in [0.717, 1.165) is 31.2 Å². The third-order valence-corrected chi connectivity index (χ3v) is 6.12. The van der Waals surface area contributed by atoms with Crippen molar-refractivity contribution in [1.82, 2.24) is 4.90 Å². The lowest BCUT2D eigenvalue weighted by Gasteiger charge is -2.30. The lowest BCUT2D eigenvalue weighted by molar-refractivity contribution is -0.141. The van der Waals surface area contributed by atoms with Crippen LogP contribution in [-0.2, 0) is 9.59 Å². The zero-order valence-electron chi connectivity index (χ0n) is 17.7. The first-order valence-corrected chi connectivity index (χ1v) is 11.1. The fourth-order valence-electron chi connectivity index (χ4n) is 4.53. The molecule has 162 valence electrons. The second-order valence-corrected chi connectivity index (χ2v) is 8.83. The highest BCUT2D eigenvalue weighted by Crippen LogP contribution is 2.43. The molecule has 2 fully saturated rings. The first-order chi connectivity index (χ1) is 14.9. The number of benzene rings is 2. The summed E-state index contributed by atoms with van der Waals surface area (Å²) in [5.41, 5.74) is 1.31. The summed E-state index contributed by atoms with van der Waals surface area (Å²) in [5.74, 6) is -0.803. The van der Waals surface area contributed by atoms with Gasteiger partial charge in [-0.3, -0.25) is 9.59 Å². The molecule has 1 aliphatic heterocycles. The average molecular weight is 440 g/mol. The van der Waals surface area contributed by atoms with Crippen LogP contribution in [0.25, 0.3) is 5.76 Å². The third-order valence-electron chi connectivity index (χ3n) is 5.86. The minimum atomic E-state index is -0.653. The number of carbonyl (C=O) groups excluding carboxylic acids is 2. The number of nitrogens with zero attached hydrogens (tertiary/aromatic N) is 1. The number of Topliss-reactive ketones (excluding diaryl/α,β-unsaturated/α-hetero) is 1. The molecule has 5 nitrogen and oxygen atoms in total. The Hall–Kier alpha value is -2.79. The fourth-order valence-corrected chi connectivity index (χ4v) is 4.65. The monoisotopic (exact) mass is 439 g/mol. The van der Waals surface area contributed by atoms with Crippen molar-refractivity contribution in [3.05, 3.63) is 70.3 Å². The molecule has 0 bridgehead atoms. The van der Waals surface area contributed by atoms with Gasteiger partial charge < -0.3 is 14.7 Å². The smallest absolute Gasteiger partial charge is 0.295 e. The summed E-state index contributed by atoms with van der Waals surface area (Å²) in [6, 6.07) is 13.4. The van der Waals surface area contributed by atoms with Crippen LogP contribution in [0.5, 0.6) is 5.75 Å². The van der Waals surface area contributed by atoms with Crippen LogP contribution in [0.2, 0.25) is 5.02 Å². The van der Waals surface area contributed by atoms with Crippen LogP contribution in [0.15, 0.2) is 54.1 Å². The Kier molecular flexibility index (Phi) is 6.05. The maximum Gasteiger partial charge on any atom is 0.295 e. The number of carbonyl (C=O) groups is 2. The highest BCUT2D eigenvalue weighted by atomic mass is 35.5. The van der Waals surface area contributed by atoms with Crippen molar-refractivity contribution in [2.75, 3.05) is 0 Å². The number of aliphatic hydroxyl groups is 1. The van der Waals surface area contributed by atoms with Crippen molar-refractivity contribution in [1.29, 1.82) is 0 Å². The highest BCUT2D eigenvalue weighted by molar-refractivity contribution is 6.46. The number of amides is 1. The van der Waals surface area contributed by atoms with Crippen LogP contribution in [0.3, 0.4) is 0 Å². The number of hydrogen-bond donors (Lipinski definition) is 1. The topological polar surface area (TPSA) is 66.8 Å². The second-order valence-electron chi connectivity index (χ2n) is 8.39. The number of hydrogen-bond acceptors (Lipinski definition) is 4. The van der Waals surface area contributed by atoms with Crippen molar-refractivity contribution in [3.63, 3.8) is 0 Å². The number of likely N-dealkylation sites (tertiary alicyclic amines) is 1. The standard InChI is InChI=1S/C25H26ClNO4/c1-15(2)31-20-9-5-6-17(14-20)23(28)21-22(16-10-12-18(26)13-11-16)27(25(30)24(21)29)19-7-3-4-8-19/h5-6,9-15,19,22,28H,3-4,7-8H2,1-2H3/b23-21-. The summed E-state index contributed by atoms with van der Waals surface area (Å²) >= 11 is 6.07. The van der Waals surface area contributed by atoms with Gasteiger partial charge in [-0.15, -0.1) is 0 Å². The van der Waals surface area contributed by atoms with E-state index >= 15 is 0 Å². The third kappa shape index (κ3) is 4.19. The van der Waals surface area contributed by atoms with Gasteiger partial charge in [0.1, 0.15) is 11.5 Å². The van der Waals surface area contributed by atoms with Gasteiger partial charge in [0, 0.05) is 16.6 Å². The van der Waals surface area contributed by atoms with Crippen LogP contribution < -0.4 is 4.74 Å². The summed E-state index contributed by atoms with van der Waals surface area (Å²) in [5, 5.41) is 11.8. The van der Waals surface area contributed by atoms with E-state index < -0.39 is 17.7 Å². The molecule has 0 spiro atoms. The molecule has 0 aromatic heterocycles. The Bertz CT molecular complexity index is 1020. The van der Waals surface area contributed by atoms with Gasteiger partial charge in [-0.1, -0.05) is 48.7 Å². The molecule has 0 radical (unpaired) electrons. The maximum absolute atomic E-state index is 13.1. The molecule has 1 heterocycles. The van der Waals surface area contributed by atoms with E-state index in [1.807, 2.05) is 26.0 Å². The fraction of sp³-hybridized carbons (Fsp3) is 0.360. The number of halogens is 1. The predicted molar refractivity (Wildman–Crippen MR) is 120 cm³/mol. The molecule has 1 saturated heterocycles. The Morgan fingerprint density at radius 2 is 1.77 bits per heavy atom. The summed E-state index contributed by atoms with van der Waals surface area (Å²) in [7, 11) is 0. The van der Waals surface area contributed by atoms with Gasteiger partial charge in [0.05, 0.1) is 17.7 Å². The quantitative estimate of drug-likeness (QED) is 0.380. The van der Waals surface area contributed by atoms with Crippen molar-refractivity contribution >= 4 is 29.1 Å². The van der Waals surface area contributed by atoms with Crippen molar-refractivity contribution in [3.8, 4) is 5.75 Å². The predicted octanol–water partition coefficient (Wildman–Crippen LogP) is 5.49. The SMILES string of the molecule is CC(C)Oc1cccc(/C(O)=C2/C(=O)C(=O)N(C3CCCC3)C2c2ccc(Cl)cc2)c1. The molecule has 1 amide bonds. The first-order valence-electron chi connectivity index (χ1n) is 10.7. The highest BCUT2D eigenvalue weighted by Gasteiger charge is 2.49.